The third-order valence-corrected chi connectivity index (χ3v) is 4.80. The SMILES string of the molecule is Cc1cccc(CN2CCCC2C(=O)N(C)CC(C)NC(=O)OC(C)(C)C)c1. The molecule has 1 heterocycles. The summed E-state index contributed by atoms with van der Waals surface area (Å²) < 4.78 is 5.28. The summed E-state index contributed by atoms with van der Waals surface area (Å²) in [6.45, 7) is 11.6. The Kier molecular flexibility index (Phi) is 7.47. The van der Waals surface area contributed by atoms with Crippen molar-refractivity contribution >= 4 is 12.0 Å². The Bertz CT molecular complexity index is 684. The van der Waals surface area contributed by atoms with Crippen LogP contribution in [0.1, 0.15) is 51.7 Å². The van der Waals surface area contributed by atoms with Gasteiger partial charge in [0.15, 0.2) is 0 Å². The number of nitrogens with zero attached hydrogens (tertiary/aromatic N) is 2. The molecule has 1 aliphatic heterocycles. The lowest BCUT2D eigenvalue weighted by Crippen LogP contribution is -2.49. The average Bonchev–Trinajstić information content (AvgIpc) is 2.99. The van der Waals surface area contributed by atoms with Gasteiger partial charge in [0.1, 0.15) is 5.60 Å². The standard InChI is InChI=1S/C22H35N3O3/c1-16-9-7-10-18(13-16)15-25-12-8-11-19(25)20(26)24(6)14-17(2)23-21(27)28-22(3,4)5/h7,9-10,13,17,19H,8,11-12,14-15H2,1-6H3,(H,23,27). The number of carbonyl (C=O) groups is 2. The van der Waals surface area contributed by atoms with Crippen LogP contribution in [0.2, 0.25) is 0 Å². The van der Waals surface area contributed by atoms with Crippen LogP contribution in [-0.2, 0) is 16.1 Å². The topological polar surface area (TPSA) is 61.9 Å². The van der Waals surface area contributed by atoms with Gasteiger partial charge in [-0.2, -0.15) is 0 Å². The van der Waals surface area contributed by atoms with Gasteiger partial charge in [-0.05, 0) is 59.6 Å². The molecule has 0 aliphatic carbocycles. The van der Waals surface area contributed by atoms with Crippen LogP contribution in [0.3, 0.4) is 0 Å². The van der Waals surface area contributed by atoms with Gasteiger partial charge in [-0.25, -0.2) is 4.79 Å². The summed E-state index contributed by atoms with van der Waals surface area (Å²) in [5, 5.41) is 2.80. The van der Waals surface area contributed by atoms with Crippen molar-refractivity contribution in [3.63, 3.8) is 0 Å². The molecule has 6 heteroatoms. The number of amides is 2. The van der Waals surface area contributed by atoms with Crippen LogP contribution in [-0.4, -0.2) is 59.6 Å². The van der Waals surface area contributed by atoms with Crippen molar-refractivity contribution in [1.82, 2.24) is 15.1 Å². The number of likely N-dealkylation sites (tertiary alicyclic amines) is 1. The van der Waals surface area contributed by atoms with Crippen molar-refractivity contribution in [2.45, 2.75) is 71.7 Å². The van der Waals surface area contributed by atoms with Crippen molar-refractivity contribution in [1.29, 1.82) is 0 Å². The Labute approximate surface area is 169 Å². The number of hydrogen-bond acceptors (Lipinski definition) is 4. The highest BCUT2D eigenvalue weighted by atomic mass is 16.6. The number of aryl methyl sites for hydroxylation is 1. The predicted octanol–water partition coefficient (Wildman–Crippen LogP) is 3.33. The summed E-state index contributed by atoms with van der Waals surface area (Å²) in [6, 6.07) is 8.16. The Morgan fingerprint density at radius 1 is 1.36 bits per heavy atom. The third-order valence-electron chi connectivity index (χ3n) is 4.80. The Balaban J connectivity index is 1.89. The minimum Gasteiger partial charge on any atom is -0.444 e. The van der Waals surface area contributed by atoms with Gasteiger partial charge in [-0.3, -0.25) is 9.69 Å². The monoisotopic (exact) mass is 389 g/mol. The molecular weight excluding hydrogens is 354 g/mol. The molecule has 0 radical (unpaired) electrons. The van der Waals surface area contributed by atoms with E-state index in [-0.39, 0.29) is 18.0 Å². The summed E-state index contributed by atoms with van der Waals surface area (Å²) in [7, 11) is 1.80. The van der Waals surface area contributed by atoms with Gasteiger partial charge in [-0.15, -0.1) is 0 Å². The number of rotatable bonds is 6. The Hall–Kier alpha value is -2.08. The van der Waals surface area contributed by atoms with Crippen molar-refractivity contribution in [3.05, 3.63) is 35.4 Å². The fourth-order valence-corrected chi connectivity index (χ4v) is 3.65. The molecule has 0 saturated carbocycles. The normalized spacial score (nSPS) is 18.6. The van der Waals surface area contributed by atoms with E-state index in [9.17, 15) is 9.59 Å². The van der Waals surface area contributed by atoms with Gasteiger partial charge in [0.25, 0.3) is 0 Å². The molecule has 2 unspecified atom stereocenters. The molecule has 2 rings (SSSR count). The molecule has 2 amide bonds. The van der Waals surface area contributed by atoms with Crippen LogP contribution >= 0.6 is 0 Å². The van der Waals surface area contributed by atoms with Gasteiger partial charge in [0.2, 0.25) is 5.91 Å². The van der Waals surface area contributed by atoms with Gasteiger partial charge >= 0.3 is 6.09 Å². The first-order valence-corrected chi connectivity index (χ1v) is 10.1. The number of benzene rings is 1. The van der Waals surface area contributed by atoms with Gasteiger partial charge < -0.3 is 15.0 Å². The molecule has 1 saturated heterocycles. The van der Waals surface area contributed by atoms with E-state index >= 15 is 0 Å². The summed E-state index contributed by atoms with van der Waals surface area (Å²) in [5.74, 6) is 0.114. The second kappa shape index (κ2) is 9.41. The van der Waals surface area contributed by atoms with Crippen molar-refractivity contribution in [2.24, 2.45) is 0 Å². The first-order valence-electron chi connectivity index (χ1n) is 10.1. The van der Waals surface area contributed by atoms with Crippen molar-refractivity contribution in [2.75, 3.05) is 20.1 Å². The second-order valence-electron chi connectivity index (χ2n) is 8.88. The zero-order valence-electron chi connectivity index (χ0n) is 18.1. The smallest absolute Gasteiger partial charge is 0.407 e. The van der Waals surface area contributed by atoms with E-state index in [1.54, 1.807) is 11.9 Å². The van der Waals surface area contributed by atoms with Crippen molar-refractivity contribution in [3.8, 4) is 0 Å². The zero-order chi connectivity index (χ0) is 20.9. The lowest BCUT2D eigenvalue weighted by atomic mass is 10.1. The Morgan fingerprint density at radius 3 is 2.71 bits per heavy atom. The van der Waals surface area contributed by atoms with E-state index in [1.807, 2.05) is 27.7 Å². The minimum absolute atomic E-state index is 0.0979. The summed E-state index contributed by atoms with van der Waals surface area (Å²) in [6.07, 6.45) is 1.45. The molecule has 1 aromatic carbocycles. The third kappa shape index (κ3) is 6.82. The molecule has 0 bridgehead atoms. The number of carbonyl (C=O) groups excluding carboxylic acids is 2. The molecule has 6 nitrogen and oxygen atoms in total. The van der Waals surface area contributed by atoms with Crippen LogP contribution in [0.5, 0.6) is 0 Å². The summed E-state index contributed by atoms with van der Waals surface area (Å²) in [4.78, 5) is 28.9. The fraction of sp³-hybridized carbons (Fsp3) is 0.636. The largest absolute Gasteiger partial charge is 0.444 e. The maximum Gasteiger partial charge on any atom is 0.407 e. The lowest BCUT2D eigenvalue weighted by Gasteiger charge is -2.30. The van der Waals surface area contributed by atoms with Crippen LogP contribution in [0, 0.1) is 6.92 Å². The highest BCUT2D eigenvalue weighted by Gasteiger charge is 2.33. The zero-order valence-corrected chi connectivity index (χ0v) is 18.1. The van der Waals surface area contributed by atoms with Crippen molar-refractivity contribution < 1.29 is 14.3 Å². The molecule has 1 fully saturated rings. The summed E-state index contributed by atoms with van der Waals surface area (Å²) in [5.41, 5.74) is 1.94. The molecule has 1 N–H and O–H groups in total. The molecule has 0 spiro atoms. The van der Waals surface area contributed by atoms with Crippen LogP contribution in [0.15, 0.2) is 24.3 Å². The van der Waals surface area contributed by atoms with E-state index in [4.69, 9.17) is 4.74 Å². The Morgan fingerprint density at radius 2 is 2.07 bits per heavy atom. The summed E-state index contributed by atoms with van der Waals surface area (Å²) >= 11 is 0. The maximum absolute atomic E-state index is 13.0. The second-order valence-corrected chi connectivity index (χ2v) is 8.88. The number of nitrogens with one attached hydrogen (secondary N) is 1. The van der Waals surface area contributed by atoms with Crippen LogP contribution in [0.25, 0.3) is 0 Å². The predicted molar refractivity (Wildman–Crippen MR) is 111 cm³/mol. The molecule has 0 aromatic heterocycles. The average molecular weight is 390 g/mol. The van der Waals surface area contributed by atoms with Gasteiger partial charge in [0, 0.05) is 26.2 Å². The van der Waals surface area contributed by atoms with E-state index in [0.717, 1.165) is 25.9 Å². The molecule has 156 valence electrons. The molecule has 1 aromatic rings. The highest BCUT2D eigenvalue weighted by Crippen LogP contribution is 2.22. The molecule has 2 atom stereocenters. The first kappa shape index (κ1) is 22.2. The number of likely N-dealkylation sites (N-methyl/N-ethyl adjacent to an activating group) is 1. The number of alkyl carbamates (subject to hydrolysis) is 1. The highest BCUT2D eigenvalue weighted by molar-refractivity contribution is 5.82. The first-order chi connectivity index (χ1) is 13.0. The van der Waals surface area contributed by atoms with E-state index < -0.39 is 11.7 Å². The fourth-order valence-electron chi connectivity index (χ4n) is 3.65. The molecule has 28 heavy (non-hydrogen) atoms. The number of hydrogen-bond donors (Lipinski definition) is 1. The van der Waals surface area contributed by atoms with E-state index in [1.165, 1.54) is 11.1 Å². The minimum atomic E-state index is -0.536. The van der Waals surface area contributed by atoms with Crippen LogP contribution in [0.4, 0.5) is 4.79 Å². The maximum atomic E-state index is 13.0. The molecule has 1 aliphatic rings. The lowest BCUT2D eigenvalue weighted by molar-refractivity contribution is -0.135. The molecular formula is C22H35N3O3. The quantitative estimate of drug-likeness (QED) is 0.811. The van der Waals surface area contributed by atoms with E-state index in [2.05, 4.69) is 41.4 Å². The van der Waals surface area contributed by atoms with E-state index in [0.29, 0.717) is 6.54 Å². The van der Waals surface area contributed by atoms with Gasteiger partial charge in [0.05, 0.1) is 6.04 Å². The number of ether oxygens (including phenoxy) is 1. The van der Waals surface area contributed by atoms with Crippen LogP contribution < -0.4 is 5.32 Å². The van der Waals surface area contributed by atoms with Gasteiger partial charge in [-0.1, -0.05) is 29.8 Å².